The lowest BCUT2D eigenvalue weighted by molar-refractivity contribution is -0.132. The number of rotatable bonds is 7. The number of nitrogens with one attached hydrogen (secondary N) is 3. The van der Waals surface area contributed by atoms with Crippen molar-refractivity contribution in [3.05, 3.63) is 66.0 Å². The lowest BCUT2D eigenvalue weighted by Crippen LogP contribution is -2.54. The van der Waals surface area contributed by atoms with E-state index in [1.807, 2.05) is 35.4 Å². The van der Waals surface area contributed by atoms with E-state index in [4.69, 9.17) is 0 Å². The van der Waals surface area contributed by atoms with Crippen LogP contribution in [0.4, 0.5) is 33.5 Å². The van der Waals surface area contributed by atoms with Crippen molar-refractivity contribution in [3.63, 3.8) is 0 Å². The Morgan fingerprint density at radius 3 is 2.13 bits per heavy atom. The molecule has 13 heteroatoms. The van der Waals surface area contributed by atoms with Crippen LogP contribution in [0.25, 0.3) is 0 Å². The van der Waals surface area contributed by atoms with Gasteiger partial charge in [0.15, 0.2) is 0 Å². The Balaban J connectivity index is 0.842. The SMILES string of the molecule is O=C1CCN(c2ccc(N3CCN(CC(=O)N4CCN(c5ccc(Nc6ncc7c(n6)CNCC7)cc5)CC4)CC3)cc2)C(=O)N1. The van der Waals surface area contributed by atoms with Gasteiger partial charge >= 0.3 is 6.03 Å². The Hall–Kier alpha value is -4.75. The first kappa shape index (κ1) is 29.9. The van der Waals surface area contributed by atoms with E-state index in [1.54, 1.807) is 4.90 Å². The van der Waals surface area contributed by atoms with Gasteiger partial charge in [-0.05, 0) is 67.1 Å². The summed E-state index contributed by atoms with van der Waals surface area (Å²) in [5.74, 6) is 0.570. The van der Waals surface area contributed by atoms with Crippen LogP contribution in [0.15, 0.2) is 54.7 Å². The molecule has 4 aliphatic rings. The van der Waals surface area contributed by atoms with E-state index in [9.17, 15) is 14.4 Å². The van der Waals surface area contributed by atoms with E-state index in [-0.39, 0.29) is 17.8 Å². The fourth-order valence-electron chi connectivity index (χ4n) is 6.50. The number of carbonyl (C=O) groups excluding carboxylic acids is 3. The third-order valence-corrected chi connectivity index (χ3v) is 9.25. The number of urea groups is 1. The van der Waals surface area contributed by atoms with Crippen LogP contribution in [0.2, 0.25) is 0 Å². The average Bonchev–Trinajstić information content (AvgIpc) is 3.09. The van der Waals surface area contributed by atoms with Gasteiger partial charge in [-0.2, -0.15) is 0 Å². The van der Waals surface area contributed by atoms with E-state index in [2.05, 4.69) is 64.9 Å². The van der Waals surface area contributed by atoms with Gasteiger partial charge < -0.3 is 25.3 Å². The number of carbonyl (C=O) groups is 3. The maximum absolute atomic E-state index is 13.2. The van der Waals surface area contributed by atoms with Gasteiger partial charge in [-0.1, -0.05) is 0 Å². The van der Waals surface area contributed by atoms with E-state index in [0.717, 1.165) is 87.2 Å². The summed E-state index contributed by atoms with van der Waals surface area (Å²) in [7, 11) is 0. The summed E-state index contributed by atoms with van der Waals surface area (Å²) in [6.07, 6.45) is 3.20. The molecule has 3 fully saturated rings. The quantitative estimate of drug-likeness (QED) is 0.358. The molecule has 3 N–H and O–H groups in total. The maximum Gasteiger partial charge on any atom is 0.328 e. The zero-order chi connectivity index (χ0) is 31.5. The molecule has 46 heavy (non-hydrogen) atoms. The van der Waals surface area contributed by atoms with Crippen LogP contribution < -0.4 is 30.7 Å². The summed E-state index contributed by atoms with van der Waals surface area (Å²) in [5.41, 5.74) is 6.24. The second kappa shape index (κ2) is 13.3. The lowest BCUT2D eigenvalue weighted by atomic mass is 10.1. The largest absolute Gasteiger partial charge is 0.369 e. The number of benzene rings is 2. The normalized spacial score (nSPS) is 19.1. The predicted molar refractivity (Wildman–Crippen MR) is 177 cm³/mol. The Bertz CT molecular complexity index is 1570. The Kier molecular flexibility index (Phi) is 8.66. The van der Waals surface area contributed by atoms with Crippen molar-refractivity contribution in [3.8, 4) is 0 Å². The van der Waals surface area contributed by atoms with Crippen LogP contribution >= 0.6 is 0 Å². The van der Waals surface area contributed by atoms with Crippen LogP contribution in [-0.2, 0) is 22.6 Å². The number of fused-ring (bicyclic) bond motifs is 1. The Morgan fingerprint density at radius 2 is 1.43 bits per heavy atom. The summed E-state index contributed by atoms with van der Waals surface area (Å²) in [6, 6.07) is 15.8. The number of hydrogen-bond donors (Lipinski definition) is 3. The third-order valence-electron chi connectivity index (χ3n) is 9.25. The molecule has 3 saturated heterocycles. The molecule has 5 heterocycles. The molecule has 0 bridgehead atoms. The first-order valence-corrected chi connectivity index (χ1v) is 16.1. The zero-order valence-corrected chi connectivity index (χ0v) is 26.0. The second-order valence-electron chi connectivity index (χ2n) is 12.2. The first-order valence-electron chi connectivity index (χ1n) is 16.1. The van der Waals surface area contributed by atoms with Gasteiger partial charge in [-0.15, -0.1) is 0 Å². The van der Waals surface area contributed by atoms with E-state index in [1.165, 1.54) is 5.56 Å². The topological polar surface area (TPSA) is 129 Å². The van der Waals surface area contributed by atoms with Crippen molar-refractivity contribution in [1.29, 1.82) is 0 Å². The molecule has 0 unspecified atom stereocenters. The molecule has 7 rings (SSSR count). The molecule has 4 aliphatic heterocycles. The van der Waals surface area contributed by atoms with Crippen molar-refractivity contribution in [1.82, 2.24) is 30.4 Å². The lowest BCUT2D eigenvalue weighted by Gasteiger charge is -2.39. The molecule has 3 aromatic rings. The second-order valence-corrected chi connectivity index (χ2v) is 12.2. The van der Waals surface area contributed by atoms with Gasteiger partial charge in [-0.25, -0.2) is 14.8 Å². The van der Waals surface area contributed by atoms with Gasteiger partial charge in [0.1, 0.15) is 0 Å². The molecular formula is C33H40N10O3. The van der Waals surface area contributed by atoms with Crippen LogP contribution in [0.5, 0.6) is 0 Å². The Labute approximate surface area is 268 Å². The highest BCUT2D eigenvalue weighted by molar-refractivity contribution is 6.05. The predicted octanol–water partition coefficient (Wildman–Crippen LogP) is 1.78. The van der Waals surface area contributed by atoms with Crippen molar-refractivity contribution >= 4 is 46.5 Å². The number of imide groups is 1. The van der Waals surface area contributed by atoms with E-state index >= 15 is 0 Å². The maximum atomic E-state index is 13.2. The smallest absolute Gasteiger partial charge is 0.328 e. The molecule has 0 spiro atoms. The number of nitrogens with zero attached hydrogens (tertiary/aromatic N) is 7. The molecule has 2 aromatic carbocycles. The van der Waals surface area contributed by atoms with E-state index in [0.29, 0.717) is 38.5 Å². The van der Waals surface area contributed by atoms with E-state index < -0.39 is 0 Å². The van der Waals surface area contributed by atoms with Crippen molar-refractivity contribution in [2.24, 2.45) is 0 Å². The fraction of sp³-hybridized carbons (Fsp3) is 0.424. The van der Waals surface area contributed by atoms with Gasteiger partial charge in [-0.3, -0.25) is 24.7 Å². The minimum atomic E-state index is -0.374. The number of hydrogen-bond acceptors (Lipinski definition) is 10. The van der Waals surface area contributed by atoms with Crippen LogP contribution in [0.1, 0.15) is 17.7 Å². The summed E-state index contributed by atoms with van der Waals surface area (Å²) < 4.78 is 0. The molecule has 0 radical (unpaired) electrons. The molecule has 4 amide bonds. The van der Waals surface area contributed by atoms with Gasteiger partial charge in [0.25, 0.3) is 0 Å². The standard InChI is InChI=1S/C33H40N10O3/c44-30-10-12-43(33(46)38-30)28-7-5-27(6-8-28)40-15-13-39(14-16-40)23-31(45)42-19-17-41(18-20-42)26-3-1-25(2-4-26)36-32-35-21-24-9-11-34-22-29(24)37-32/h1-8,21,34H,9-20,22-23H2,(H,35,36,37)(H,38,44,46). The number of piperazine rings is 2. The third kappa shape index (κ3) is 6.75. The number of anilines is 5. The van der Waals surface area contributed by atoms with Crippen molar-refractivity contribution < 1.29 is 14.4 Å². The monoisotopic (exact) mass is 624 g/mol. The van der Waals surface area contributed by atoms with Crippen LogP contribution in [0.3, 0.4) is 0 Å². The fourth-order valence-corrected chi connectivity index (χ4v) is 6.50. The summed E-state index contributed by atoms with van der Waals surface area (Å²) in [4.78, 5) is 56.4. The van der Waals surface area contributed by atoms with Gasteiger partial charge in [0.05, 0.1) is 12.2 Å². The summed E-state index contributed by atoms with van der Waals surface area (Å²) >= 11 is 0. The highest BCUT2D eigenvalue weighted by Crippen LogP contribution is 2.24. The molecule has 0 atom stereocenters. The van der Waals surface area contributed by atoms with Crippen LogP contribution in [-0.4, -0.2) is 110 Å². The average molecular weight is 625 g/mol. The molecule has 240 valence electrons. The number of amides is 4. The minimum absolute atomic E-state index is 0.190. The highest BCUT2D eigenvalue weighted by Gasteiger charge is 2.27. The molecule has 1 aromatic heterocycles. The van der Waals surface area contributed by atoms with Gasteiger partial charge in [0, 0.05) is 101 Å². The number of aromatic nitrogens is 2. The van der Waals surface area contributed by atoms with Crippen molar-refractivity contribution in [2.75, 3.05) is 92.0 Å². The minimum Gasteiger partial charge on any atom is -0.369 e. The molecular weight excluding hydrogens is 584 g/mol. The van der Waals surface area contributed by atoms with Crippen molar-refractivity contribution in [2.45, 2.75) is 19.4 Å². The molecule has 0 saturated carbocycles. The molecule has 0 aliphatic carbocycles. The molecule has 13 nitrogen and oxygen atoms in total. The van der Waals surface area contributed by atoms with Gasteiger partial charge in [0.2, 0.25) is 17.8 Å². The summed E-state index contributed by atoms with van der Waals surface area (Å²) in [6.45, 7) is 8.92. The Morgan fingerprint density at radius 1 is 0.783 bits per heavy atom. The van der Waals surface area contributed by atoms with Crippen LogP contribution in [0, 0.1) is 0 Å². The first-order chi connectivity index (χ1) is 22.5. The zero-order valence-electron chi connectivity index (χ0n) is 26.0. The highest BCUT2D eigenvalue weighted by atomic mass is 16.2. The summed E-state index contributed by atoms with van der Waals surface area (Å²) in [5, 5.41) is 9.04.